The van der Waals surface area contributed by atoms with Crippen LogP contribution in [0.4, 0.5) is 0 Å². The van der Waals surface area contributed by atoms with Crippen LogP contribution in [0, 0.1) is 12.8 Å². The van der Waals surface area contributed by atoms with Gasteiger partial charge in [-0.3, -0.25) is 9.88 Å². The van der Waals surface area contributed by atoms with Gasteiger partial charge >= 0.3 is 0 Å². The molecule has 4 nitrogen and oxygen atoms in total. The van der Waals surface area contributed by atoms with Crippen LogP contribution in [-0.4, -0.2) is 41.2 Å². The molecule has 25 heavy (non-hydrogen) atoms. The van der Waals surface area contributed by atoms with Crippen molar-refractivity contribution in [3.8, 4) is 5.75 Å². The Kier molecular flexibility index (Phi) is 6.29. The van der Waals surface area contributed by atoms with Gasteiger partial charge in [0.2, 0.25) is 0 Å². The molecule has 0 spiro atoms. The minimum atomic E-state index is -0.418. The normalized spacial score (nSPS) is 17.4. The fraction of sp³-hybridized carbons (Fsp3) is 0.450. The minimum absolute atomic E-state index is 0.299. The van der Waals surface area contributed by atoms with E-state index < -0.39 is 6.10 Å². The van der Waals surface area contributed by atoms with Gasteiger partial charge in [0.05, 0.1) is 11.1 Å². The molecule has 3 rings (SSSR count). The summed E-state index contributed by atoms with van der Waals surface area (Å²) in [6.07, 6.45) is 5.05. The number of nitrogens with zero attached hydrogens (tertiary/aromatic N) is 2. The highest BCUT2D eigenvalue weighted by Gasteiger charge is 2.26. The number of benzene rings is 1. The van der Waals surface area contributed by atoms with E-state index in [9.17, 15) is 5.11 Å². The second kappa shape index (κ2) is 8.65. The fourth-order valence-corrected chi connectivity index (χ4v) is 3.49. The molecular formula is C20H25ClN2O2. The molecule has 0 saturated carbocycles. The second-order valence-corrected chi connectivity index (χ2v) is 7.10. The molecule has 1 aliphatic rings. The number of hydrogen-bond donors (Lipinski definition) is 1. The molecule has 1 fully saturated rings. The molecule has 0 amide bonds. The van der Waals surface area contributed by atoms with E-state index >= 15 is 0 Å². The lowest BCUT2D eigenvalue weighted by Crippen LogP contribution is -2.38. The lowest BCUT2D eigenvalue weighted by molar-refractivity contribution is 0.0548. The maximum atomic E-state index is 10.5. The number of aliphatic hydroxyl groups is 1. The predicted molar refractivity (Wildman–Crippen MR) is 100 cm³/mol. The highest BCUT2D eigenvalue weighted by molar-refractivity contribution is 6.32. The summed E-state index contributed by atoms with van der Waals surface area (Å²) in [6, 6.07) is 9.65. The average Bonchev–Trinajstić information content (AvgIpc) is 2.65. The number of aryl methyl sites for hydroxylation is 1. The van der Waals surface area contributed by atoms with Crippen molar-refractivity contribution in [2.24, 2.45) is 5.92 Å². The van der Waals surface area contributed by atoms with Gasteiger partial charge in [-0.15, -0.1) is 0 Å². The van der Waals surface area contributed by atoms with Crippen molar-refractivity contribution in [2.45, 2.75) is 25.9 Å². The first kappa shape index (κ1) is 18.2. The maximum Gasteiger partial charge on any atom is 0.138 e. The Hall–Kier alpha value is -1.62. The van der Waals surface area contributed by atoms with Crippen LogP contribution >= 0.6 is 11.6 Å². The van der Waals surface area contributed by atoms with Gasteiger partial charge in [0.15, 0.2) is 0 Å². The lowest BCUT2D eigenvalue weighted by Gasteiger charge is -2.34. The zero-order valence-corrected chi connectivity index (χ0v) is 15.3. The van der Waals surface area contributed by atoms with Crippen LogP contribution in [0.3, 0.4) is 0 Å². The van der Waals surface area contributed by atoms with E-state index in [0.717, 1.165) is 49.4 Å². The van der Waals surface area contributed by atoms with Crippen molar-refractivity contribution in [3.05, 3.63) is 58.9 Å². The van der Waals surface area contributed by atoms with Gasteiger partial charge in [-0.05, 0) is 68.1 Å². The van der Waals surface area contributed by atoms with Gasteiger partial charge in [-0.1, -0.05) is 23.7 Å². The first-order chi connectivity index (χ1) is 12.1. The molecular weight excluding hydrogens is 336 g/mol. The van der Waals surface area contributed by atoms with Crippen molar-refractivity contribution >= 4 is 11.6 Å². The van der Waals surface area contributed by atoms with Crippen LogP contribution < -0.4 is 4.74 Å². The number of aliphatic hydroxyl groups excluding tert-OH is 1. The summed E-state index contributed by atoms with van der Waals surface area (Å²) < 4.78 is 5.83. The largest absolute Gasteiger partial charge is 0.491 e. The summed E-state index contributed by atoms with van der Waals surface area (Å²) in [6.45, 7) is 5.49. The molecule has 1 aromatic carbocycles. The van der Waals surface area contributed by atoms with Crippen molar-refractivity contribution < 1.29 is 9.84 Å². The summed E-state index contributed by atoms with van der Waals surface area (Å²) in [5.41, 5.74) is 2.06. The summed E-state index contributed by atoms with van der Waals surface area (Å²) in [7, 11) is 0. The van der Waals surface area contributed by atoms with Crippen molar-refractivity contribution in [2.75, 3.05) is 26.2 Å². The van der Waals surface area contributed by atoms with Crippen LogP contribution in [0.5, 0.6) is 5.75 Å². The van der Waals surface area contributed by atoms with Gasteiger partial charge in [-0.2, -0.15) is 0 Å². The van der Waals surface area contributed by atoms with Crippen LogP contribution in [0.2, 0.25) is 5.02 Å². The van der Waals surface area contributed by atoms with Crippen molar-refractivity contribution in [1.82, 2.24) is 9.88 Å². The Labute approximate surface area is 154 Å². The Balaban J connectivity index is 1.43. The van der Waals surface area contributed by atoms with Gasteiger partial charge in [0, 0.05) is 18.9 Å². The maximum absolute atomic E-state index is 10.5. The standard InChI is InChI=1S/C20H25ClN2O2/c1-15-4-5-18(21)19(13-15)25-12-11-23-9-6-16(7-10-23)20(24)17-3-2-8-22-14-17/h2-5,8,13-14,16,20,24H,6-7,9-12H2,1H3/t20-/m1/s1. The van der Waals surface area contributed by atoms with E-state index in [-0.39, 0.29) is 0 Å². The number of ether oxygens (including phenoxy) is 1. The third-order valence-corrected chi connectivity index (χ3v) is 5.17. The predicted octanol–water partition coefficient (Wildman–Crippen LogP) is 3.87. The molecule has 0 aliphatic carbocycles. The first-order valence-electron chi connectivity index (χ1n) is 8.83. The SMILES string of the molecule is Cc1ccc(Cl)c(OCCN2CCC([C@@H](O)c3cccnc3)CC2)c1. The zero-order chi connectivity index (χ0) is 17.6. The van der Waals surface area contributed by atoms with Crippen LogP contribution in [0.1, 0.15) is 30.1 Å². The number of aromatic nitrogens is 1. The molecule has 0 bridgehead atoms. The molecule has 1 atom stereocenters. The topological polar surface area (TPSA) is 45.6 Å². The fourth-order valence-electron chi connectivity index (χ4n) is 3.32. The lowest BCUT2D eigenvalue weighted by atomic mass is 9.88. The second-order valence-electron chi connectivity index (χ2n) is 6.69. The minimum Gasteiger partial charge on any atom is -0.491 e. The van der Waals surface area contributed by atoms with E-state index in [0.29, 0.717) is 17.5 Å². The van der Waals surface area contributed by atoms with Crippen molar-refractivity contribution in [1.29, 1.82) is 0 Å². The number of hydrogen-bond acceptors (Lipinski definition) is 4. The Morgan fingerprint density at radius 3 is 2.84 bits per heavy atom. The number of rotatable bonds is 6. The molecule has 1 saturated heterocycles. The number of likely N-dealkylation sites (tertiary alicyclic amines) is 1. The van der Waals surface area contributed by atoms with E-state index in [4.69, 9.17) is 16.3 Å². The number of piperidine rings is 1. The van der Waals surface area contributed by atoms with Gasteiger partial charge < -0.3 is 9.84 Å². The first-order valence-corrected chi connectivity index (χ1v) is 9.20. The molecule has 0 radical (unpaired) electrons. The van der Waals surface area contributed by atoms with Crippen LogP contribution in [0.25, 0.3) is 0 Å². The zero-order valence-electron chi connectivity index (χ0n) is 14.6. The molecule has 1 aromatic heterocycles. The molecule has 134 valence electrons. The van der Waals surface area contributed by atoms with E-state index in [1.807, 2.05) is 37.3 Å². The molecule has 1 N–H and O–H groups in total. The third-order valence-electron chi connectivity index (χ3n) is 4.86. The summed E-state index contributed by atoms with van der Waals surface area (Å²) >= 11 is 6.16. The van der Waals surface area contributed by atoms with Crippen LogP contribution in [0.15, 0.2) is 42.7 Å². The highest BCUT2D eigenvalue weighted by atomic mass is 35.5. The summed E-state index contributed by atoms with van der Waals surface area (Å²) in [5.74, 6) is 1.05. The Morgan fingerprint density at radius 1 is 1.32 bits per heavy atom. The average molecular weight is 361 g/mol. The molecule has 2 heterocycles. The van der Waals surface area contributed by atoms with Crippen LogP contribution in [-0.2, 0) is 0 Å². The number of halogens is 1. The molecule has 1 aliphatic heterocycles. The van der Waals surface area contributed by atoms with Gasteiger partial charge in [-0.25, -0.2) is 0 Å². The third kappa shape index (κ3) is 4.94. The highest BCUT2D eigenvalue weighted by Crippen LogP contribution is 2.30. The van der Waals surface area contributed by atoms with Crippen molar-refractivity contribution in [3.63, 3.8) is 0 Å². The quantitative estimate of drug-likeness (QED) is 0.849. The Morgan fingerprint density at radius 2 is 2.12 bits per heavy atom. The number of pyridine rings is 1. The molecule has 2 aromatic rings. The van der Waals surface area contributed by atoms with E-state index in [1.54, 1.807) is 12.4 Å². The molecule has 0 unspecified atom stereocenters. The monoisotopic (exact) mass is 360 g/mol. The van der Waals surface area contributed by atoms with E-state index in [1.165, 1.54) is 0 Å². The van der Waals surface area contributed by atoms with Gasteiger partial charge in [0.25, 0.3) is 0 Å². The molecule has 5 heteroatoms. The van der Waals surface area contributed by atoms with Gasteiger partial charge in [0.1, 0.15) is 12.4 Å². The van der Waals surface area contributed by atoms with E-state index in [2.05, 4.69) is 9.88 Å². The summed E-state index contributed by atoms with van der Waals surface area (Å²) in [5, 5.41) is 11.2. The smallest absolute Gasteiger partial charge is 0.138 e. The summed E-state index contributed by atoms with van der Waals surface area (Å²) in [4.78, 5) is 6.49. The Bertz CT molecular complexity index is 673.